The number of benzene rings is 1. The van der Waals surface area contributed by atoms with Gasteiger partial charge in [0, 0.05) is 0 Å². The molecule has 6 nitrogen and oxygen atoms in total. The zero-order valence-corrected chi connectivity index (χ0v) is 17.9. The molecule has 6 N–H and O–H groups in total. The molecule has 0 radical (unpaired) electrons. The van der Waals surface area contributed by atoms with Crippen molar-refractivity contribution in [2.75, 3.05) is 0 Å². The summed E-state index contributed by atoms with van der Waals surface area (Å²) in [7, 11) is 0. The Morgan fingerprint density at radius 3 is 1.67 bits per heavy atom. The largest absolute Gasteiger partial charge is 0.325 e. The van der Waals surface area contributed by atoms with Gasteiger partial charge in [-0.25, -0.2) is 0 Å². The molecule has 0 aromatic heterocycles. The Balaban J connectivity index is 0. The maximum atomic E-state index is 7.56. The van der Waals surface area contributed by atoms with Crippen LogP contribution in [-0.2, 0) is 48.3 Å². The van der Waals surface area contributed by atoms with Crippen molar-refractivity contribution in [1.82, 2.24) is 0 Å². The maximum absolute atomic E-state index is 7.56. The molecule has 0 heterocycles. The molecule has 0 aliphatic rings. The Morgan fingerprint density at radius 1 is 0.952 bits per heavy atom. The van der Waals surface area contributed by atoms with Gasteiger partial charge in [-0.05, 0) is 23.6 Å². The van der Waals surface area contributed by atoms with Crippen LogP contribution in [0.15, 0.2) is 24.3 Å². The van der Waals surface area contributed by atoms with Crippen LogP contribution in [0, 0.1) is 0 Å². The third-order valence-corrected chi connectivity index (χ3v) is 3.37. The van der Waals surface area contributed by atoms with Crippen LogP contribution >= 0.6 is 13.4 Å². The van der Waals surface area contributed by atoms with Gasteiger partial charge in [0.1, 0.15) is 0 Å². The van der Waals surface area contributed by atoms with E-state index in [9.17, 15) is 0 Å². The van der Waals surface area contributed by atoms with Crippen LogP contribution in [0.3, 0.4) is 0 Å². The van der Waals surface area contributed by atoms with Crippen LogP contribution in [0.1, 0.15) is 25.3 Å². The zero-order valence-electron chi connectivity index (χ0n) is 11.5. The van der Waals surface area contributed by atoms with Gasteiger partial charge in [0.25, 0.3) is 0 Å². The maximum Gasteiger partial charge on any atom is 0.319 e. The number of aryl methyl sites for hydroxylation is 1. The van der Waals surface area contributed by atoms with Crippen molar-refractivity contribution in [3.8, 4) is 0 Å². The van der Waals surface area contributed by atoms with Crippen LogP contribution in [0.2, 0.25) is 0 Å². The SMILES string of the molecule is CCCCc1cccc[c]1[Zn].OP(O)(O)=S.OP(O)(O)=S. The zero-order chi connectivity index (χ0) is 17.1. The average molecular weight is 427 g/mol. The summed E-state index contributed by atoms with van der Waals surface area (Å²) in [5.41, 5.74) is 1.56. The summed E-state index contributed by atoms with van der Waals surface area (Å²) in [5, 5.41) is 0. The summed E-state index contributed by atoms with van der Waals surface area (Å²) in [6, 6.07) is 8.78. The summed E-state index contributed by atoms with van der Waals surface area (Å²) in [4.78, 5) is 45.3. The minimum atomic E-state index is -3.81. The molecule has 0 saturated carbocycles. The van der Waals surface area contributed by atoms with E-state index >= 15 is 0 Å². The van der Waals surface area contributed by atoms with Gasteiger partial charge in [0.2, 0.25) is 0 Å². The number of hydrogen-bond donors (Lipinski definition) is 6. The van der Waals surface area contributed by atoms with Gasteiger partial charge in [0.05, 0.1) is 0 Å². The number of hydrogen-bond acceptors (Lipinski definition) is 2. The predicted molar refractivity (Wildman–Crippen MR) is 86.6 cm³/mol. The molecule has 0 aliphatic carbocycles. The fourth-order valence-electron chi connectivity index (χ4n) is 1.17. The Kier molecular flexibility index (Phi) is 14.2. The predicted octanol–water partition coefficient (Wildman–Crippen LogP) is 0.577. The average Bonchev–Trinajstić information content (AvgIpc) is 2.23. The summed E-state index contributed by atoms with van der Waals surface area (Å²) in [6.07, 6.45) is 3.90. The first-order valence-electron chi connectivity index (χ1n) is 5.81. The minimum absolute atomic E-state index is 1.27. The van der Waals surface area contributed by atoms with Crippen molar-refractivity contribution < 1.29 is 47.7 Å². The van der Waals surface area contributed by atoms with Crippen LogP contribution in [0.25, 0.3) is 0 Å². The summed E-state index contributed by atoms with van der Waals surface area (Å²) in [6.45, 7) is -5.37. The molecule has 0 aliphatic heterocycles. The third-order valence-electron chi connectivity index (χ3n) is 1.92. The van der Waals surface area contributed by atoms with Crippen LogP contribution in [0.4, 0.5) is 0 Å². The molecule has 1 aromatic rings. The molecule has 0 atom stereocenters. The topological polar surface area (TPSA) is 121 Å². The van der Waals surface area contributed by atoms with E-state index in [1.165, 1.54) is 37.6 Å². The number of unbranched alkanes of at least 4 members (excludes halogenated alkanes) is 1. The summed E-state index contributed by atoms with van der Waals surface area (Å²) >= 11 is 8.50. The fourth-order valence-corrected chi connectivity index (χ4v) is 2.07. The van der Waals surface area contributed by atoms with E-state index in [0.29, 0.717) is 0 Å². The molecule has 0 bridgehead atoms. The van der Waals surface area contributed by atoms with E-state index in [1.54, 1.807) is 9.72 Å². The molecule has 0 saturated heterocycles. The Bertz CT molecular complexity index is 454. The molecule has 0 amide bonds. The quantitative estimate of drug-likeness (QED) is 0.307. The first-order valence-corrected chi connectivity index (χ1v) is 12.6. The van der Waals surface area contributed by atoms with Crippen LogP contribution in [-0.4, -0.2) is 29.4 Å². The van der Waals surface area contributed by atoms with Gasteiger partial charge >= 0.3 is 91.9 Å². The van der Waals surface area contributed by atoms with Crippen molar-refractivity contribution in [2.45, 2.75) is 26.2 Å². The van der Waals surface area contributed by atoms with Gasteiger partial charge in [-0.2, -0.15) is 0 Å². The monoisotopic (exact) mass is 425 g/mol. The van der Waals surface area contributed by atoms with Gasteiger partial charge in [0.15, 0.2) is 0 Å². The van der Waals surface area contributed by atoms with E-state index < -0.39 is 13.4 Å². The fraction of sp³-hybridized carbons (Fsp3) is 0.400. The molecule has 21 heavy (non-hydrogen) atoms. The molecule has 11 heteroatoms. The second kappa shape index (κ2) is 12.3. The van der Waals surface area contributed by atoms with Crippen molar-refractivity contribution in [3.05, 3.63) is 29.8 Å². The van der Waals surface area contributed by atoms with Crippen LogP contribution < -0.4 is 4.16 Å². The molecule has 0 spiro atoms. The first kappa shape index (κ1) is 24.2. The minimum Gasteiger partial charge on any atom is -0.325 e. The summed E-state index contributed by atoms with van der Waals surface area (Å²) in [5.74, 6) is 0. The molecule has 0 unspecified atom stereocenters. The Hall–Kier alpha value is 0.903. The molecule has 0 fully saturated rings. The van der Waals surface area contributed by atoms with Crippen molar-refractivity contribution >= 4 is 41.2 Å². The molecule has 1 aromatic carbocycles. The normalized spacial score (nSPS) is 10.9. The third kappa shape index (κ3) is 29.5. The second-order valence-electron chi connectivity index (χ2n) is 3.90. The van der Waals surface area contributed by atoms with Gasteiger partial charge in [-0.3, -0.25) is 0 Å². The van der Waals surface area contributed by atoms with E-state index in [2.05, 4.69) is 54.8 Å². The van der Waals surface area contributed by atoms with E-state index in [-0.39, 0.29) is 0 Å². The van der Waals surface area contributed by atoms with Gasteiger partial charge in [-0.1, -0.05) is 0 Å². The first-order chi connectivity index (χ1) is 9.34. The number of rotatable bonds is 3. The van der Waals surface area contributed by atoms with Gasteiger partial charge < -0.3 is 29.4 Å². The summed E-state index contributed by atoms with van der Waals surface area (Å²) < 4.78 is 1.56. The molecule has 119 valence electrons. The smallest absolute Gasteiger partial charge is 0.319 e. The van der Waals surface area contributed by atoms with E-state index in [1.807, 2.05) is 0 Å². The van der Waals surface area contributed by atoms with E-state index in [0.717, 1.165) is 0 Å². The molecular formula is C10H19O6P2S2Zn. The van der Waals surface area contributed by atoms with Crippen molar-refractivity contribution in [1.29, 1.82) is 0 Å². The van der Waals surface area contributed by atoms with Gasteiger partial charge in [-0.15, -0.1) is 0 Å². The molecule has 1 rings (SSSR count). The van der Waals surface area contributed by atoms with Crippen LogP contribution in [0.5, 0.6) is 0 Å². The standard InChI is InChI=1S/C10H13.2H3O3PS.Zn/c1-2-3-7-10-8-5-4-6-9-10;2*1-4(2,3)5;/h4-6,8H,2-3,7H2,1H3;2*(H3,1,2,3,5);. The Labute approximate surface area is 144 Å². The van der Waals surface area contributed by atoms with Crippen molar-refractivity contribution in [3.63, 3.8) is 0 Å². The van der Waals surface area contributed by atoms with E-state index in [4.69, 9.17) is 29.4 Å². The molecular weight excluding hydrogens is 408 g/mol. The van der Waals surface area contributed by atoms with Crippen molar-refractivity contribution in [2.24, 2.45) is 0 Å². The Morgan fingerprint density at radius 2 is 1.33 bits per heavy atom. The second-order valence-corrected chi connectivity index (χ2v) is 10.5.